The Morgan fingerprint density at radius 1 is 1.14 bits per heavy atom. The fourth-order valence-corrected chi connectivity index (χ4v) is 2.33. The maximum absolute atomic E-state index is 5.76. The molecular formula is C18H18N2O. The molecule has 0 N–H and O–H groups in total. The fraction of sp³-hybridized carbons (Fsp3) is 0.167. The van der Waals surface area contributed by atoms with Crippen molar-refractivity contribution in [2.45, 2.75) is 13.0 Å². The van der Waals surface area contributed by atoms with Gasteiger partial charge >= 0.3 is 0 Å². The van der Waals surface area contributed by atoms with Crippen LogP contribution in [0.1, 0.15) is 5.56 Å². The van der Waals surface area contributed by atoms with Crippen molar-refractivity contribution in [1.82, 2.24) is 0 Å². The monoisotopic (exact) mass is 278 g/mol. The summed E-state index contributed by atoms with van der Waals surface area (Å²) in [6.45, 7) is 6.55. The summed E-state index contributed by atoms with van der Waals surface area (Å²) < 4.78 is 5.76. The van der Waals surface area contributed by atoms with Crippen molar-refractivity contribution in [1.29, 1.82) is 0 Å². The molecule has 0 amide bonds. The third-order valence-electron chi connectivity index (χ3n) is 3.49. The molecule has 1 unspecified atom stereocenters. The van der Waals surface area contributed by atoms with Gasteiger partial charge < -0.3 is 4.74 Å². The maximum Gasteiger partial charge on any atom is 0.297 e. The summed E-state index contributed by atoms with van der Waals surface area (Å²) in [5, 5.41) is 0. The Morgan fingerprint density at radius 2 is 1.86 bits per heavy atom. The van der Waals surface area contributed by atoms with Crippen LogP contribution in [-0.4, -0.2) is 18.7 Å². The van der Waals surface area contributed by atoms with Crippen molar-refractivity contribution in [3.63, 3.8) is 0 Å². The van der Waals surface area contributed by atoms with E-state index < -0.39 is 0 Å². The van der Waals surface area contributed by atoms with E-state index in [4.69, 9.17) is 4.74 Å². The Labute approximate surface area is 125 Å². The molecule has 3 heteroatoms. The number of aliphatic imine (C=N–C) groups is 1. The van der Waals surface area contributed by atoms with Crippen LogP contribution in [0.25, 0.3) is 0 Å². The average Bonchev–Trinajstić information content (AvgIpc) is 2.92. The third kappa shape index (κ3) is 2.82. The van der Waals surface area contributed by atoms with Gasteiger partial charge in [0.2, 0.25) is 0 Å². The molecule has 0 aliphatic carbocycles. The standard InChI is InChI=1S/C18H18N2O/c1-3-16-13-21-18(19-15-7-5-4-6-8-15)20(16)17-11-9-14(2)10-12-17/h3-12,16H,1,13H2,2H3. The van der Waals surface area contributed by atoms with Crippen molar-refractivity contribution < 1.29 is 4.74 Å². The van der Waals surface area contributed by atoms with Gasteiger partial charge in [-0.1, -0.05) is 42.0 Å². The van der Waals surface area contributed by atoms with Crippen molar-refractivity contribution in [3.8, 4) is 0 Å². The summed E-state index contributed by atoms with van der Waals surface area (Å²) in [7, 11) is 0. The van der Waals surface area contributed by atoms with E-state index in [1.807, 2.05) is 36.4 Å². The Bertz CT molecular complexity index is 647. The number of nitrogens with zero attached hydrogens (tertiary/aromatic N) is 2. The van der Waals surface area contributed by atoms with Crippen LogP contribution in [0.4, 0.5) is 11.4 Å². The summed E-state index contributed by atoms with van der Waals surface area (Å²) in [5.74, 6) is 0. The number of ether oxygens (including phenoxy) is 1. The second kappa shape index (κ2) is 5.83. The summed E-state index contributed by atoms with van der Waals surface area (Å²) >= 11 is 0. The molecule has 106 valence electrons. The fourth-order valence-electron chi connectivity index (χ4n) is 2.33. The van der Waals surface area contributed by atoms with Crippen molar-refractivity contribution in [2.75, 3.05) is 11.5 Å². The van der Waals surface area contributed by atoms with Crippen LogP contribution in [0.5, 0.6) is 0 Å². The van der Waals surface area contributed by atoms with E-state index in [1.165, 1.54) is 5.56 Å². The normalized spacial score (nSPS) is 19.6. The van der Waals surface area contributed by atoms with E-state index in [2.05, 4.69) is 47.7 Å². The minimum absolute atomic E-state index is 0.107. The first kappa shape index (κ1) is 13.4. The van der Waals surface area contributed by atoms with Gasteiger partial charge in [-0.05, 0) is 31.2 Å². The molecule has 1 fully saturated rings. The molecule has 3 nitrogen and oxygen atoms in total. The second-order valence-corrected chi connectivity index (χ2v) is 5.05. The molecule has 2 aromatic carbocycles. The highest BCUT2D eigenvalue weighted by Crippen LogP contribution is 2.26. The van der Waals surface area contributed by atoms with Gasteiger partial charge in [-0.25, -0.2) is 0 Å². The van der Waals surface area contributed by atoms with E-state index >= 15 is 0 Å². The van der Waals surface area contributed by atoms with E-state index in [0.29, 0.717) is 12.6 Å². The van der Waals surface area contributed by atoms with E-state index in [9.17, 15) is 0 Å². The first-order valence-corrected chi connectivity index (χ1v) is 7.03. The lowest BCUT2D eigenvalue weighted by Gasteiger charge is -2.21. The minimum atomic E-state index is 0.107. The number of para-hydroxylation sites is 1. The average molecular weight is 278 g/mol. The van der Waals surface area contributed by atoms with Gasteiger partial charge in [-0.3, -0.25) is 4.90 Å². The molecule has 1 aliphatic rings. The number of hydrogen-bond donors (Lipinski definition) is 0. The van der Waals surface area contributed by atoms with Crippen LogP contribution in [0.3, 0.4) is 0 Å². The summed E-state index contributed by atoms with van der Waals surface area (Å²) in [6.07, 6.45) is 1.90. The smallest absolute Gasteiger partial charge is 0.297 e. The number of amidine groups is 1. The van der Waals surface area contributed by atoms with Crippen LogP contribution < -0.4 is 4.90 Å². The first-order valence-electron chi connectivity index (χ1n) is 7.03. The number of rotatable bonds is 3. The maximum atomic E-state index is 5.76. The Hall–Kier alpha value is -2.55. The van der Waals surface area contributed by atoms with Crippen LogP contribution >= 0.6 is 0 Å². The molecule has 2 aromatic rings. The predicted octanol–water partition coefficient (Wildman–Crippen LogP) is 4.07. The second-order valence-electron chi connectivity index (χ2n) is 5.05. The molecule has 0 aromatic heterocycles. The van der Waals surface area contributed by atoms with Crippen molar-refractivity contribution in [3.05, 3.63) is 72.8 Å². The molecule has 3 rings (SSSR count). The Morgan fingerprint density at radius 3 is 2.52 bits per heavy atom. The molecule has 1 atom stereocenters. The Balaban J connectivity index is 1.98. The molecule has 21 heavy (non-hydrogen) atoms. The van der Waals surface area contributed by atoms with Gasteiger partial charge in [-0.15, -0.1) is 6.58 Å². The van der Waals surface area contributed by atoms with E-state index in [0.717, 1.165) is 11.4 Å². The number of hydrogen-bond acceptors (Lipinski definition) is 2. The molecule has 0 spiro atoms. The highest BCUT2D eigenvalue weighted by atomic mass is 16.5. The lowest BCUT2D eigenvalue weighted by Crippen LogP contribution is -2.32. The van der Waals surface area contributed by atoms with Crippen molar-refractivity contribution in [2.24, 2.45) is 4.99 Å². The van der Waals surface area contributed by atoms with Gasteiger partial charge in [0.1, 0.15) is 6.61 Å². The molecule has 0 saturated carbocycles. The quantitative estimate of drug-likeness (QED) is 0.790. The largest absolute Gasteiger partial charge is 0.462 e. The SMILES string of the molecule is C=CC1COC(=Nc2ccccc2)N1c1ccc(C)cc1. The van der Waals surface area contributed by atoms with Crippen LogP contribution in [-0.2, 0) is 4.74 Å². The van der Waals surface area contributed by atoms with Gasteiger partial charge in [0.25, 0.3) is 6.02 Å². The highest BCUT2D eigenvalue weighted by Gasteiger charge is 2.30. The molecule has 0 radical (unpaired) electrons. The lowest BCUT2D eigenvalue weighted by molar-refractivity contribution is 0.339. The zero-order valence-electron chi connectivity index (χ0n) is 12.1. The zero-order valence-corrected chi connectivity index (χ0v) is 12.1. The van der Waals surface area contributed by atoms with Crippen molar-refractivity contribution >= 4 is 17.4 Å². The van der Waals surface area contributed by atoms with Gasteiger partial charge in [0, 0.05) is 5.69 Å². The van der Waals surface area contributed by atoms with Gasteiger partial charge in [0.15, 0.2) is 0 Å². The van der Waals surface area contributed by atoms with E-state index in [1.54, 1.807) is 0 Å². The molecule has 1 saturated heterocycles. The molecule has 0 bridgehead atoms. The molecular weight excluding hydrogens is 260 g/mol. The lowest BCUT2D eigenvalue weighted by atomic mass is 10.2. The van der Waals surface area contributed by atoms with Crippen LogP contribution in [0, 0.1) is 6.92 Å². The summed E-state index contributed by atoms with van der Waals surface area (Å²) in [6, 6.07) is 18.9. The zero-order chi connectivity index (χ0) is 14.7. The molecule has 1 aliphatic heterocycles. The summed E-state index contributed by atoms with van der Waals surface area (Å²) in [5.41, 5.74) is 3.18. The number of aryl methyl sites for hydroxylation is 1. The third-order valence-corrected chi connectivity index (χ3v) is 3.49. The summed E-state index contributed by atoms with van der Waals surface area (Å²) in [4.78, 5) is 6.69. The van der Waals surface area contributed by atoms with Crippen LogP contribution in [0.15, 0.2) is 72.2 Å². The highest BCUT2D eigenvalue weighted by molar-refractivity contribution is 5.96. The topological polar surface area (TPSA) is 24.8 Å². The van der Waals surface area contributed by atoms with E-state index in [-0.39, 0.29) is 6.04 Å². The van der Waals surface area contributed by atoms with Gasteiger partial charge in [0.05, 0.1) is 11.7 Å². The van der Waals surface area contributed by atoms with Crippen LogP contribution in [0.2, 0.25) is 0 Å². The predicted molar refractivity (Wildman–Crippen MR) is 87.1 cm³/mol. The minimum Gasteiger partial charge on any atom is -0.462 e. The number of anilines is 1. The first-order chi connectivity index (χ1) is 10.3. The Kier molecular flexibility index (Phi) is 3.73. The van der Waals surface area contributed by atoms with Gasteiger partial charge in [-0.2, -0.15) is 4.99 Å². The molecule has 1 heterocycles. The number of benzene rings is 2.